The topological polar surface area (TPSA) is 9.23 Å². The van der Waals surface area contributed by atoms with Gasteiger partial charge < -0.3 is 4.74 Å². The standard InChI is InChI=1S/C19H28F4O.C3H5F/c1-13-3-5-15(6-4-13)16-7-9-17(10-8-16)19(22,23)24-14(2)11-18(21)12-20;1-2-3-4/h11,13,15-17H,2-10,12H2,1H3;2H,1,3H2/b18-11+;. The molecule has 2 aliphatic rings. The van der Waals surface area contributed by atoms with Crippen molar-refractivity contribution in [3.05, 3.63) is 36.9 Å². The van der Waals surface area contributed by atoms with Crippen LogP contribution >= 0.6 is 0 Å². The maximum absolute atomic E-state index is 14.2. The van der Waals surface area contributed by atoms with E-state index in [0.29, 0.717) is 30.8 Å². The minimum absolute atomic E-state index is 0.409. The Kier molecular flexibility index (Phi) is 10.8. The van der Waals surface area contributed by atoms with E-state index in [1.165, 1.54) is 31.8 Å². The number of allylic oxidation sites excluding steroid dienone is 3. The molecule has 0 amide bonds. The Hall–Kier alpha value is -1.33. The van der Waals surface area contributed by atoms with E-state index in [4.69, 9.17) is 0 Å². The Bertz CT molecular complexity index is 501. The number of ether oxygens (including phenoxy) is 1. The summed E-state index contributed by atoms with van der Waals surface area (Å²) in [6.45, 7) is 6.85. The summed E-state index contributed by atoms with van der Waals surface area (Å²) >= 11 is 0. The van der Waals surface area contributed by atoms with Gasteiger partial charge in [0.15, 0.2) is 0 Å². The number of rotatable bonds is 7. The number of halogens is 5. The lowest BCUT2D eigenvalue weighted by Gasteiger charge is -2.38. The SMILES string of the molecule is C=C(/C=C(/F)CF)OC(F)(F)C1CCC(C2CCC(C)CC2)CC1.C=CCF. The predicted molar refractivity (Wildman–Crippen MR) is 103 cm³/mol. The summed E-state index contributed by atoms with van der Waals surface area (Å²) in [6.07, 6.45) is 5.75. The van der Waals surface area contributed by atoms with Gasteiger partial charge in [-0.25, -0.2) is 13.2 Å². The van der Waals surface area contributed by atoms with E-state index in [0.717, 1.165) is 18.8 Å². The third-order valence-electron chi connectivity index (χ3n) is 5.80. The number of hydrogen-bond donors (Lipinski definition) is 0. The van der Waals surface area contributed by atoms with Gasteiger partial charge in [-0.1, -0.05) is 32.4 Å². The Balaban J connectivity index is 0.000000892. The summed E-state index contributed by atoms with van der Waals surface area (Å²) in [5.74, 6) is -0.566. The van der Waals surface area contributed by atoms with Crippen LogP contribution in [-0.2, 0) is 4.74 Å². The first-order chi connectivity index (χ1) is 13.2. The predicted octanol–water partition coefficient (Wildman–Crippen LogP) is 7.71. The van der Waals surface area contributed by atoms with Crippen LogP contribution in [0.5, 0.6) is 0 Å². The molecule has 2 fully saturated rings. The molecule has 0 spiro atoms. The average molecular weight is 408 g/mol. The van der Waals surface area contributed by atoms with E-state index in [-0.39, 0.29) is 0 Å². The molecule has 0 aliphatic heterocycles. The molecule has 0 aromatic heterocycles. The first-order valence-corrected chi connectivity index (χ1v) is 10.1. The summed E-state index contributed by atoms with van der Waals surface area (Å²) < 4.78 is 68.4. The van der Waals surface area contributed by atoms with Crippen molar-refractivity contribution in [2.45, 2.75) is 64.4 Å². The maximum Gasteiger partial charge on any atom is 0.400 e. The van der Waals surface area contributed by atoms with Gasteiger partial charge in [0.05, 0.1) is 5.92 Å². The van der Waals surface area contributed by atoms with Gasteiger partial charge in [-0.15, -0.1) is 6.58 Å². The maximum atomic E-state index is 14.2. The highest BCUT2D eigenvalue weighted by molar-refractivity contribution is 5.12. The Morgan fingerprint density at radius 3 is 1.89 bits per heavy atom. The van der Waals surface area contributed by atoms with Crippen molar-refractivity contribution in [3.63, 3.8) is 0 Å². The zero-order valence-corrected chi connectivity index (χ0v) is 16.7. The molecule has 28 heavy (non-hydrogen) atoms. The van der Waals surface area contributed by atoms with E-state index in [9.17, 15) is 22.0 Å². The summed E-state index contributed by atoms with van der Waals surface area (Å²) in [7, 11) is 0. The number of hydrogen-bond acceptors (Lipinski definition) is 1. The smallest absolute Gasteiger partial charge is 0.400 e. The molecule has 0 heterocycles. The van der Waals surface area contributed by atoms with Gasteiger partial charge in [-0.2, -0.15) is 8.78 Å². The van der Waals surface area contributed by atoms with Gasteiger partial charge in [0, 0.05) is 6.08 Å². The molecule has 0 unspecified atom stereocenters. The van der Waals surface area contributed by atoms with Crippen LogP contribution in [0.15, 0.2) is 36.9 Å². The molecule has 0 atom stereocenters. The molecule has 0 N–H and O–H groups in total. The molecule has 0 aromatic rings. The lowest BCUT2D eigenvalue weighted by molar-refractivity contribution is -0.254. The van der Waals surface area contributed by atoms with Crippen LogP contribution in [0, 0.1) is 23.7 Å². The highest BCUT2D eigenvalue weighted by Gasteiger charge is 2.45. The molecule has 0 saturated heterocycles. The Labute approximate surface area is 165 Å². The Morgan fingerprint density at radius 1 is 1.00 bits per heavy atom. The highest BCUT2D eigenvalue weighted by Crippen LogP contribution is 2.45. The fraction of sp³-hybridized carbons (Fsp3) is 0.727. The third-order valence-corrected chi connectivity index (χ3v) is 5.80. The molecule has 162 valence electrons. The van der Waals surface area contributed by atoms with Crippen LogP contribution in [-0.4, -0.2) is 19.5 Å². The van der Waals surface area contributed by atoms with Crippen molar-refractivity contribution in [2.24, 2.45) is 23.7 Å². The lowest BCUT2D eigenvalue weighted by Crippen LogP contribution is -2.35. The molecule has 2 rings (SSSR count). The quantitative estimate of drug-likeness (QED) is 0.181. The van der Waals surface area contributed by atoms with Crippen molar-refractivity contribution in [1.29, 1.82) is 0 Å². The van der Waals surface area contributed by atoms with Crippen molar-refractivity contribution in [2.75, 3.05) is 13.3 Å². The molecular weight excluding hydrogens is 375 g/mol. The molecule has 2 saturated carbocycles. The largest absolute Gasteiger partial charge is 0.433 e. The van der Waals surface area contributed by atoms with Gasteiger partial charge in [0.1, 0.15) is 24.9 Å². The van der Waals surface area contributed by atoms with Crippen molar-refractivity contribution in [1.82, 2.24) is 0 Å². The monoisotopic (exact) mass is 408 g/mol. The molecular formula is C22H33F5O. The van der Waals surface area contributed by atoms with E-state index >= 15 is 0 Å². The molecule has 0 bridgehead atoms. The van der Waals surface area contributed by atoms with Crippen LogP contribution in [0.4, 0.5) is 22.0 Å². The average Bonchev–Trinajstić information content (AvgIpc) is 2.68. The van der Waals surface area contributed by atoms with Crippen LogP contribution in [0.3, 0.4) is 0 Å². The van der Waals surface area contributed by atoms with Gasteiger partial charge in [-0.3, -0.25) is 0 Å². The number of alkyl halides is 4. The second-order valence-corrected chi connectivity index (χ2v) is 7.93. The second kappa shape index (κ2) is 12.3. The fourth-order valence-electron chi connectivity index (χ4n) is 4.18. The first kappa shape index (κ1) is 24.7. The normalized spacial score (nSPS) is 28.7. The fourth-order valence-corrected chi connectivity index (χ4v) is 4.18. The molecule has 6 heteroatoms. The summed E-state index contributed by atoms with van der Waals surface area (Å²) in [5, 5.41) is 0. The molecule has 1 nitrogen and oxygen atoms in total. The minimum Gasteiger partial charge on any atom is -0.433 e. The molecule has 0 aromatic carbocycles. The molecule has 2 aliphatic carbocycles. The zero-order valence-electron chi connectivity index (χ0n) is 16.7. The minimum atomic E-state index is -3.38. The Morgan fingerprint density at radius 2 is 1.46 bits per heavy atom. The van der Waals surface area contributed by atoms with Crippen LogP contribution in [0.1, 0.15) is 58.3 Å². The summed E-state index contributed by atoms with van der Waals surface area (Å²) in [5.41, 5.74) is 0. The van der Waals surface area contributed by atoms with Crippen molar-refractivity contribution < 1.29 is 26.7 Å². The highest BCUT2D eigenvalue weighted by atomic mass is 19.3. The van der Waals surface area contributed by atoms with Gasteiger partial charge >= 0.3 is 6.11 Å². The van der Waals surface area contributed by atoms with Gasteiger partial charge in [-0.05, 0) is 56.3 Å². The van der Waals surface area contributed by atoms with Crippen LogP contribution < -0.4 is 0 Å². The molecule has 0 radical (unpaired) electrons. The second-order valence-electron chi connectivity index (χ2n) is 7.93. The van der Waals surface area contributed by atoms with E-state index < -0.39 is 37.0 Å². The van der Waals surface area contributed by atoms with Crippen molar-refractivity contribution in [3.8, 4) is 0 Å². The summed E-state index contributed by atoms with van der Waals surface area (Å²) in [4.78, 5) is 0. The van der Waals surface area contributed by atoms with E-state index in [1.807, 2.05) is 0 Å². The summed E-state index contributed by atoms with van der Waals surface area (Å²) in [6, 6.07) is 0. The van der Waals surface area contributed by atoms with Gasteiger partial charge in [0.2, 0.25) is 0 Å². The van der Waals surface area contributed by atoms with Crippen LogP contribution in [0.2, 0.25) is 0 Å². The van der Waals surface area contributed by atoms with Crippen molar-refractivity contribution >= 4 is 0 Å². The third kappa shape index (κ3) is 8.36. The zero-order chi connectivity index (χ0) is 21.2. The van der Waals surface area contributed by atoms with Crippen LogP contribution in [0.25, 0.3) is 0 Å². The lowest BCUT2D eigenvalue weighted by atomic mass is 9.69. The van der Waals surface area contributed by atoms with E-state index in [2.05, 4.69) is 24.8 Å². The van der Waals surface area contributed by atoms with E-state index in [1.54, 1.807) is 0 Å². The van der Waals surface area contributed by atoms with Gasteiger partial charge in [0.25, 0.3) is 0 Å². The first-order valence-electron chi connectivity index (χ1n) is 10.1.